The molecule has 26 heavy (non-hydrogen) atoms. The lowest BCUT2D eigenvalue weighted by Crippen LogP contribution is -2.18. The number of thiophene rings is 1. The summed E-state index contributed by atoms with van der Waals surface area (Å²) in [6.07, 6.45) is 0.00430. The van der Waals surface area contributed by atoms with E-state index in [-0.39, 0.29) is 18.9 Å². The lowest BCUT2D eigenvalue weighted by molar-refractivity contribution is -0.115. The molecule has 1 amide bonds. The van der Waals surface area contributed by atoms with Crippen molar-refractivity contribution in [3.63, 3.8) is 0 Å². The summed E-state index contributed by atoms with van der Waals surface area (Å²) in [6.45, 7) is 2.00. The van der Waals surface area contributed by atoms with Gasteiger partial charge in [0.15, 0.2) is 5.82 Å². The lowest BCUT2D eigenvalue weighted by Gasteiger charge is -2.05. The molecule has 0 bridgehead atoms. The van der Waals surface area contributed by atoms with Gasteiger partial charge in [0.2, 0.25) is 5.91 Å². The summed E-state index contributed by atoms with van der Waals surface area (Å²) < 4.78 is 6.53. The van der Waals surface area contributed by atoms with Crippen LogP contribution < -0.4 is 5.32 Å². The second kappa shape index (κ2) is 7.87. The molecule has 0 spiro atoms. The van der Waals surface area contributed by atoms with Crippen molar-refractivity contribution in [3.05, 3.63) is 47.8 Å². The molecule has 0 saturated heterocycles. The van der Waals surface area contributed by atoms with Crippen LogP contribution in [-0.2, 0) is 23.0 Å². The highest BCUT2D eigenvalue weighted by Gasteiger charge is 2.20. The number of hydrogen-bond acceptors (Lipinski definition) is 7. The molecule has 3 aromatic rings. The third-order valence-corrected chi connectivity index (χ3v) is 4.66. The Morgan fingerprint density at radius 3 is 2.69 bits per heavy atom. The second-order valence-corrected chi connectivity index (χ2v) is 6.44. The van der Waals surface area contributed by atoms with Crippen molar-refractivity contribution in [2.45, 2.75) is 13.3 Å². The first-order valence-corrected chi connectivity index (χ1v) is 8.77. The van der Waals surface area contributed by atoms with Crippen LogP contribution >= 0.6 is 11.3 Å². The number of hydrogen-bond donors (Lipinski definition) is 1. The van der Waals surface area contributed by atoms with Gasteiger partial charge in [0.25, 0.3) is 0 Å². The van der Waals surface area contributed by atoms with Crippen LogP contribution in [0.2, 0.25) is 0 Å². The zero-order chi connectivity index (χ0) is 18.5. The minimum Gasteiger partial charge on any atom is -0.462 e. The summed E-state index contributed by atoms with van der Waals surface area (Å²) in [6, 6.07) is 11.4. The predicted octanol–water partition coefficient (Wildman–Crippen LogP) is 2.30. The third kappa shape index (κ3) is 3.94. The van der Waals surface area contributed by atoms with Crippen molar-refractivity contribution in [2.75, 3.05) is 11.9 Å². The van der Waals surface area contributed by atoms with E-state index >= 15 is 0 Å². The first-order chi connectivity index (χ1) is 12.6. The normalized spacial score (nSPS) is 10.5. The molecule has 0 saturated carbocycles. The Balaban J connectivity index is 1.86. The fraction of sp³-hybridized carbons (Fsp3) is 0.235. The molecule has 1 N–H and O–H groups in total. The minimum absolute atomic E-state index is 0.00430. The minimum atomic E-state index is -0.471. The van der Waals surface area contributed by atoms with Crippen LogP contribution in [0, 0.1) is 0 Å². The van der Waals surface area contributed by atoms with Gasteiger partial charge in [-0.2, -0.15) is 0 Å². The molecule has 0 aliphatic heterocycles. The van der Waals surface area contributed by atoms with Gasteiger partial charge in [-0.15, -0.1) is 16.4 Å². The maximum atomic E-state index is 12.3. The van der Waals surface area contributed by atoms with E-state index in [4.69, 9.17) is 4.74 Å². The van der Waals surface area contributed by atoms with Crippen molar-refractivity contribution in [1.82, 2.24) is 20.2 Å². The van der Waals surface area contributed by atoms with E-state index in [0.29, 0.717) is 16.4 Å². The van der Waals surface area contributed by atoms with Gasteiger partial charge in [-0.3, -0.25) is 4.79 Å². The van der Waals surface area contributed by atoms with Crippen molar-refractivity contribution in [3.8, 4) is 10.4 Å². The molecule has 8 nitrogen and oxygen atoms in total. The quantitative estimate of drug-likeness (QED) is 0.668. The molecule has 0 unspecified atom stereocenters. The molecule has 9 heteroatoms. The Hall–Kier alpha value is -3.07. The smallest absolute Gasteiger partial charge is 0.341 e. The van der Waals surface area contributed by atoms with Gasteiger partial charge in [-0.05, 0) is 29.0 Å². The molecule has 1 aromatic carbocycles. The van der Waals surface area contributed by atoms with E-state index in [1.54, 1.807) is 20.0 Å². The van der Waals surface area contributed by atoms with Gasteiger partial charge < -0.3 is 10.1 Å². The van der Waals surface area contributed by atoms with Crippen molar-refractivity contribution < 1.29 is 14.3 Å². The number of aryl methyl sites for hydroxylation is 1. The molecule has 0 aliphatic carbocycles. The van der Waals surface area contributed by atoms with Crippen LogP contribution in [0.5, 0.6) is 0 Å². The maximum Gasteiger partial charge on any atom is 0.341 e. The first kappa shape index (κ1) is 17.7. The zero-order valence-electron chi connectivity index (χ0n) is 14.3. The van der Waals surface area contributed by atoms with E-state index in [9.17, 15) is 9.59 Å². The number of nitrogens with one attached hydrogen (secondary N) is 1. The summed E-state index contributed by atoms with van der Waals surface area (Å²) in [5, 5.41) is 14.2. The summed E-state index contributed by atoms with van der Waals surface area (Å²) in [7, 11) is 1.66. The van der Waals surface area contributed by atoms with Crippen LogP contribution in [-0.4, -0.2) is 38.7 Å². The van der Waals surface area contributed by atoms with E-state index in [1.807, 2.05) is 30.3 Å². The Morgan fingerprint density at radius 1 is 1.27 bits per heavy atom. The number of tetrazole rings is 1. The molecule has 3 rings (SSSR count). The molecule has 0 radical (unpaired) electrons. The first-order valence-electron chi connectivity index (χ1n) is 7.96. The monoisotopic (exact) mass is 371 g/mol. The third-order valence-electron chi connectivity index (χ3n) is 3.57. The van der Waals surface area contributed by atoms with Crippen LogP contribution in [0.3, 0.4) is 0 Å². The van der Waals surface area contributed by atoms with Gasteiger partial charge >= 0.3 is 5.97 Å². The number of benzene rings is 1. The second-order valence-electron chi connectivity index (χ2n) is 5.38. The molecular formula is C17H17N5O3S. The number of esters is 1. The van der Waals surface area contributed by atoms with Crippen molar-refractivity contribution in [2.24, 2.45) is 7.05 Å². The molecule has 134 valence electrons. The number of carbonyl (C=O) groups excluding carboxylic acids is 2. The predicted molar refractivity (Wildman–Crippen MR) is 96.8 cm³/mol. The van der Waals surface area contributed by atoms with E-state index < -0.39 is 5.97 Å². The van der Waals surface area contributed by atoms with Crippen LogP contribution in [0.15, 0.2) is 36.4 Å². The summed E-state index contributed by atoms with van der Waals surface area (Å²) in [5.74, 6) is -0.350. The van der Waals surface area contributed by atoms with Crippen LogP contribution in [0.25, 0.3) is 10.4 Å². The number of amides is 1. The van der Waals surface area contributed by atoms with Crippen molar-refractivity contribution in [1.29, 1.82) is 0 Å². The fourth-order valence-electron chi connectivity index (χ4n) is 2.30. The largest absolute Gasteiger partial charge is 0.462 e. The maximum absolute atomic E-state index is 12.3. The number of aromatic nitrogens is 4. The average Bonchev–Trinajstić information content (AvgIpc) is 3.23. The number of carbonyl (C=O) groups is 2. The lowest BCUT2D eigenvalue weighted by atomic mass is 10.1. The van der Waals surface area contributed by atoms with Crippen LogP contribution in [0.1, 0.15) is 23.1 Å². The molecule has 0 fully saturated rings. The molecule has 0 atom stereocenters. The van der Waals surface area contributed by atoms with Gasteiger partial charge in [0, 0.05) is 11.9 Å². The summed E-state index contributed by atoms with van der Waals surface area (Å²) >= 11 is 1.32. The highest BCUT2D eigenvalue weighted by Crippen LogP contribution is 2.36. The number of ether oxygens (including phenoxy) is 1. The summed E-state index contributed by atoms with van der Waals surface area (Å²) in [4.78, 5) is 25.5. The van der Waals surface area contributed by atoms with E-state index in [2.05, 4.69) is 20.8 Å². The highest BCUT2D eigenvalue weighted by molar-refractivity contribution is 7.20. The fourth-order valence-corrected chi connectivity index (χ4v) is 3.37. The van der Waals surface area contributed by atoms with Gasteiger partial charge in [0.05, 0.1) is 18.6 Å². The van der Waals surface area contributed by atoms with E-state index in [1.165, 1.54) is 16.0 Å². The summed E-state index contributed by atoms with van der Waals surface area (Å²) in [5.41, 5.74) is 1.29. The SMILES string of the molecule is CCOC(=O)c1cc(-c2ccccc2)sc1NC(=O)Cc1nnnn1C. The van der Waals surface area contributed by atoms with Crippen LogP contribution in [0.4, 0.5) is 5.00 Å². The Bertz CT molecular complexity index is 920. The Kier molecular flexibility index (Phi) is 5.37. The Morgan fingerprint density at radius 2 is 2.04 bits per heavy atom. The van der Waals surface area contributed by atoms with Crippen molar-refractivity contribution >= 4 is 28.2 Å². The Labute approximate surface area is 153 Å². The molecule has 2 aromatic heterocycles. The molecule has 2 heterocycles. The topological polar surface area (TPSA) is 99.0 Å². The van der Waals surface area contributed by atoms with E-state index in [0.717, 1.165) is 10.4 Å². The zero-order valence-corrected chi connectivity index (χ0v) is 15.1. The van der Waals surface area contributed by atoms with Gasteiger partial charge in [-0.1, -0.05) is 30.3 Å². The highest BCUT2D eigenvalue weighted by atomic mass is 32.1. The molecular weight excluding hydrogens is 354 g/mol. The molecule has 0 aliphatic rings. The van der Waals surface area contributed by atoms with Gasteiger partial charge in [-0.25, -0.2) is 9.48 Å². The number of nitrogens with zero attached hydrogens (tertiary/aromatic N) is 4. The number of anilines is 1. The number of rotatable bonds is 6. The standard InChI is InChI=1S/C17H17N5O3S/c1-3-25-17(24)12-9-13(11-7-5-4-6-8-11)26-16(12)18-15(23)10-14-19-20-21-22(14)2/h4-9H,3,10H2,1-2H3,(H,18,23). The average molecular weight is 371 g/mol. The van der Waals surface area contributed by atoms with Gasteiger partial charge in [0.1, 0.15) is 5.00 Å².